The van der Waals surface area contributed by atoms with E-state index in [1.165, 1.54) is 12.1 Å². The van der Waals surface area contributed by atoms with Gasteiger partial charge in [-0.1, -0.05) is 17.7 Å². The lowest BCUT2D eigenvalue weighted by Gasteiger charge is -2.37. The average molecular weight is 397 g/mol. The zero-order chi connectivity index (χ0) is 18.9. The lowest BCUT2D eigenvalue weighted by Crippen LogP contribution is -2.46. The van der Waals surface area contributed by atoms with E-state index < -0.39 is 14.9 Å². The van der Waals surface area contributed by atoms with Gasteiger partial charge < -0.3 is 9.80 Å². The van der Waals surface area contributed by atoms with Crippen LogP contribution >= 0.6 is 11.6 Å². The molecule has 26 heavy (non-hydrogen) atoms. The van der Waals surface area contributed by atoms with E-state index in [4.69, 9.17) is 16.7 Å². The maximum atomic E-state index is 11.4. The highest BCUT2D eigenvalue weighted by Crippen LogP contribution is 2.32. The minimum absolute atomic E-state index is 0.271. The van der Waals surface area contributed by atoms with E-state index in [1.54, 1.807) is 6.07 Å². The molecule has 0 aliphatic carbocycles. The van der Waals surface area contributed by atoms with Gasteiger partial charge in [0.2, 0.25) is 10.0 Å². The molecule has 1 fully saturated rings. The number of nitro benzene ring substituents is 1. The zero-order valence-corrected chi connectivity index (χ0v) is 15.3. The second-order valence-electron chi connectivity index (χ2n) is 5.91. The van der Waals surface area contributed by atoms with Crippen molar-refractivity contribution in [1.82, 2.24) is 0 Å². The standard InChI is InChI=1S/C16H17ClN4O4S/c17-12-2-1-3-13(10-12)19-6-8-20(9-7-19)15-5-4-14(26(18,24)25)11-16(15)21(22)23/h1-5,10-11H,6-9H2,(H2,18,24,25). The van der Waals surface area contributed by atoms with Gasteiger partial charge in [0.05, 0.1) is 9.82 Å². The molecule has 1 aliphatic rings. The van der Waals surface area contributed by atoms with Crippen LogP contribution < -0.4 is 14.9 Å². The molecule has 0 amide bonds. The van der Waals surface area contributed by atoms with Crippen LogP contribution in [0.25, 0.3) is 0 Å². The molecule has 0 aromatic heterocycles. The molecule has 2 N–H and O–H groups in total. The van der Waals surface area contributed by atoms with Crippen molar-refractivity contribution in [3.63, 3.8) is 0 Å². The molecule has 0 bridgehead atoms. The molecule has 2 aromatic rings. The number of anilines is 2. The van der Waals surface area contributed by atoms with Gasteiger partial charge in [-0.2, -0.15) is 0 Å². The number of halogens is 1. The van der Waals surface area contributed by atoms with Crippen LogP contribution in [0, 0.1) is 10.1 Å². The molecule has 8 nitrogen and oxygen atoms in total. The summed E-state index contributed by atoms with van der Waals surface area (Å²) in [6, 6.07) is 11.3. The van der Waals surface area contributed by atoms with Crippen LogP contribution in [0.1, 0.15) is 0 Å². The van der Waals surface area contributed by atoms with Gasteiger partial charge in [-0.15, -0.1) is 0 Å². The Kier molecular flexibility index (Phi) is 5.03. The van der Waals surface area contributed by atoms with Crippen LogP contribution in [-0.4, -0.2) is 39.5 Å². The molecule has 10 heteroatoms. The number of rotatable bonds is 4. The third-order valence-electron chi connectivity index (χ3n) is 4.27. The highest BCUT2D eigenvalue weighted by Gasteiger charge is 2.26. The van der Waals surface area contributed by atoms with Crippen molar-refractivity contribution in [1.29, 1.82) is 0 Å². The van der Waals surface area contributed by atoms with Crippen molar-refractivity contribution in [2.24, 2.45) is 5.14 Å². The fourth-order valence-corrected chi connectivity index (χ4v) is 3.69. The van der Waals surface area contributed by atoms with Crippen molar-refractivity contribution < 1.29 is 13.3 Å². The van der Waals surface area contributed by atoms with Gasteiger partial charge in [0.15, 0.2) is 0 Å². The molecule has 0 spiro atoms. The van der Waals surface area contributed by atoms with Crippen molar-refractivity contribution in [3.05, 3.63) is 57.6 Å². The van der Waals surface area contributed by atoms with Crippen LogP contribution in [0.2, 0.25) is 5.02 Å². The number of nitro groups is 1. The summed E-state index contributed by atoms with van der Waals surface area (Å²) < 4.78 is 22.9. The quantitative estimate of drug-likeness (QED) is 0.626. The van der Waals surface area contributed by atoms with Crippen LogP contribution in [-0.2, 0) is 10.0 Å². The average Bonchev–Trinajstić information content (AvgIpc) is 2.60. The van der Waals surface area contributed by atoms with E-state index in [0.29, 0.717) is 36.9 Å². The topological polar surface area (TPSA) is 110 Å². The second kappa shape index (κ2) is 7.10. The number of hydrogen-bond donors (Lipinski definition) is 1. The first-order valence-corrected chi connectivity index (χ1v) is 9.75. The predicted octanol–water partition coefficient (Wildman–Crippen LogP) is 2.22. The molecular weight excluding hydrogens is 380 g/mol. The van der Waals surface area contributed by atoms with Gasteiger partial charge in [0.1, 0.15) is 5.69 Å². The first-order chi connectivity index (χ1) is 12.3. The molecule has 0 atom stereocenters. The number of hydrogen-bond acceptors (Lipinski definition) is 6. The molecule has 1 heterocycles. The van der Waals surface area contributed by atoms with E-state index in [-0.39, 0.29) is 10.6 Å². The van der Waals surface area contributed by atoms with Crippen molar-refractivity contribution in [2.45, 2.75) is 4.90 Å². The van der Waals surface area contributed by atoms with Crippen LogP contribution in [0.3, 0.4) is 0 Å². The Morgan fingerprint density at radius 1 is 1.04 bits per heavy atom. The molecule has 3 rings (SSSR count). The molecule has 1 saturated heterocycles. The monoisotopic (exact) mass is 396 g/mol. The fraction of sp³-hybridized carbons (Fsp3) is 0.250. The number of benzene rings is 2. The van der Waals surface area contributed by atoms with Crippen molar-refractivity contribution in [3.8, 4) is 0 Å². The zero-order valence-electron chi connectivity index (χ0n) is 13.7. The minimum Gasteiger partial charge on any atom is -0.368 e. The largest absolute Gasteiger partial charge is 0.368 e. The van der Waals surface area contributed by atoms with Crippen LogP contribution in [0.5, 0.6) is 0 Å². The summed E-state index contributed by atoms with van der Waals surface area (Å²) in [5, 5.41) is 17.1. The number of sulfonamides is 1. The maximum absolute atomic E-state index is 11.4. The Labute approximate surface area is 156 Å². The second-order valence-corrected chi connectivity index (χ2v) is 7.90. The van der Waals surface area contributed by atoms with E-state index in [0.717, 1.165) is 11.8 Å². The highest BCUT2D eigenvalue weighted by atomic mass is 35.5. The number of nitrogens with two attached hydrogens (primary N) is 1. The van der Waals surface area contributed by atoms with Crippen molar-refractivity contribution >= 4 is 38.7 Å². The van der Waals surface area contributed by atoms with Gasteiger partial charge >= 0.3 is 0 Å². The first-order valence-electron chi connectivity index (χ1n) is 7.82. The lowest BCUT2D eigenvalue weighted by molar-refractivity contribution is -0.384. The third-order valence-corrected chi connectivity index (χ3v) is 5.41. The fourth-order valence-electron chi connectivity index (χ4n) is 2.97. The normalized spacial score (nSPS) is 15.2. The van der Waals surface area contributed by atoms with Gasteiger partial charge in [-0.05, 0) is 30.3 Å². The summed E-state index contributed by atoms with van der Waals surface area (Å²) >= 11 is 6.02. The number of primary sulfonamides is 1. The molecule has 0 saturated carbocycles. The number of nitrogens with zero attached hydrogens (tertiary/aromatic N) is 3. The Balaban J connectivity index is 1.82. The van der Waals surface area contributed by atoms with Crippen LogP contribution in [0.4, 0.5) is 17.1 Å². The minimum atomic E-state index is -4.00. The van der Waals surface area contributed by atoms with E-state index >= 15 is 0 Å². The number of piperazine rings is 1. The lowest BCUT2D eigenvalue weighted by atomic mass is 10.2. The Morgan fingerprint density at radius 2 is 1.69 bits per heavy atom. The van der Waals surface area contributed by atoms with E-state index in [2.05, 4.69) is 4.90 Å². The smallest absolute Gasteiger partial charge is 0.293 e. The van der Waals surface area contributed by atoms with Gasteiger partial charge in [0.25, 0.3) is 5.69 Å². The van der Waals surface area contributed by atoms with E-state index in [9.17, 15) is 18.5 Å². The van der Waals surface area contributed by atoms with Crippen LogP contribution in [0.15, 0.2) is 47.4 Å². The molecule has 138 valence electrons. The Morgan fingerprint density at radius 3 is 2.27 bits per heavy atom. The molecular formula is C16H17ClN4O4S. The van der Waals surface area contributed by atoms with Gasteiger partial charge in [-0.3, -0.25) is 10.1 Å². The SMILES string of the molecule is NS(=O)(=O)c1ccc(N2CCN(c3cccc(Cl)c3)CC2)c([N+](=O)[O-])c1. The summed E-state index contributed by atoms with van der Waals surface area (Å²) in [5.41, 5.74) is 1.11. The third kappa shape index (κ3) is 3.90. The maximum Gasteiger partial charge on any atom is 0.293 e. The summed E-state index contributed by atoms with van der Waals surface area (Å²) in [7, 11) is -4.00. The van der Waals surface area contributed by atoms with Gasteiger partial charge in [-0.25, -0.2) is 13.6 Å². The predicted molar refractivity (Wildman–Crippen MR) is 100 cm³/mol. The summed E-state index contributed by atoms with van der Waals surface area (Å²) in [6.07, 6.45) is 0. The van der Waals surface area contributed by atoms with E-state index in [1.807, 2.05) is 23.1 Å². The highest BCUT2D eigenvalue weighted by molar-refractivity contribution is 7.89. The molecule has 0 unspecified atom stereocenters. The first kappa shape index (κ1) is 18.4. The molecule has 1 aliphatic heterocycles. The van der Waals surface area contributed by atoms with Gasteiger partial charge in [0, 0.05) is 43.0 Å². The Hall–Kier alpha value is -2.36. The van der Waals surface area contributed by atoms with Crippen molar-refractivity contribution in [2.75, 3.05) is 36.0 Å². The summed E-state index contributed by atoms with van der Waals surface area (Å²) in [4.78, 5) is 14.5. The molecule has 2 aromatic carbocycles. The Bertz CT molecular complexity index is 943. The summed E-state index contributed by atoms with van der Waals surface area (Å²) in [5.74, 6) is 0. The molecule has 0 radical (unpaired) electrons. The summed E-state index contributed by atoms with van der Waals surface area (Å²) in [6.45, 7) is 2.44.